The Balaban J connectivity index is 1.96. The number of hydrogen-bond acceptors (Lipinski definition) is 4. The fourth-order valence-corrected chi connectivity index (χ4v) is 2.89. The van der Waals surface area contributed by atoms with E-state index in [2.05, 4.69) is 23.3 Å². The first-order valence-electron chi connectivity index (χ1n) is 6.65. The highest BCUT2D eigenvalue weighted by atomic mass is 16.5. The summed E-state index contributed by atoms with van der Waals surface area (Å²) in [6, 6.07) is 4.12. The molecule has 3 rings (SSSR count). The van der Waals surface area contributed by atoms with Gasteiger partial charge in [0.25, 0.3) is 0 Å². The Kier molecular flexibility index (Phi) is 3.14. The fourth-order valence-electron chi connectivity index (χ4n) is 2.89. The summed E-state index contributed by atoms with van der Waals surface area (Å²) >= 11 is 0. The third-order valence-electron chi connectivity index (χ3n) is 3.90. The van der Waals surface area contributed by atoms with Gasteiger partial charge in [0.05, 0.1) is 12.7 Å². The van der Waals surface area contributed by atoms with Crippen molar-refractivity contribution >= 4 is 5.69 Å². The summed E-state index contributed by atoms with van der Waals surface area (Å²) < 4.78 is 5.73. The number of fused-ring (bicyclic) bond motifs is 1. The fraction of sp³-hybridized carbons (Fsp3) is 0.571. The van der Waals surface area contributed by atoms with Crippen molar-refractivity contribution in [3.63, 3.8) is 0 Å². The summed E-state index contributed by atoms with van der Waals surface area (Å²) in [7, 11) is 2.08. The van der Waals surface area contributed by atoms with E-state index in [9.17, 15) is 5.11 Å². The monoisotopic (exact) mass is 248 g/mol. The van der Waals surface area contributed by atoms with Gasteiger partial charge in [-0.05, 0) is 18.9 Å². The predicted octanol–water partition coefficient (Wildman–Crippen LogP) is 1.44. The van der Waals surface area contributed by atoms with Crippen molar-refractivity contribution in [1.82, 2.24) is 5.32 Å². The molecule has 4 heteroatoms. The SMILES string of the molecule is CN1CCCc2c1ccc(C1CNCCO1)c2O. The lowest BCUT2D eigenvalue weighted by atomic mass is 9.95. The summed E-state index contributed by atoms with van der Waals surface area (Å²) in [6.07, 6.45) is 2.04. The number of aromatic hydroxyl groups is 1. The van der Waals surface area contributed by atoms with Crippen LogP contribution in [0, 0.1) is 0 Å². The van der Waals surface area contributed by atoms with E-state index in [0.717, 1.165) is 49.3 Å². The highest BCUT2D eigenvalue weighted by molar-refractivity contribution is 5.63. The van der Waals surface area contributed by atoms with Crippen molar-refractivity contribution in [1.29, 1.82) is 0 Å². The number of benzene rings is 1. The van der Waals surface area contributed by atoms with Crippen LogP contribution >= 0.6 is 0 Å². The van der Waals surface area contributed by atoms with E-state index in [1.165, 1.54) is 0 Å². The molecule has 0 radical (unpaired) electrons. The highest BCUT2D eigenvalue weighted by Crippen LogP contribution is 2.38. The second-order valence-corrected chi connectivity index (χ2v) is 5.09. The van der Waals surface area contributed by atoms with Crippen LogP contribution in [0.1, 0.15) is 23.7 Å². The van der Waals surface area contributed by atoms with E-state index in [1.807, 2.05) is 6.07 Å². The van der Waals surface area contributed by atoms with Crippen LogP contribution in [-0.4, -0.2) is 38.4 Å². The molecular formula is C14H20N2O2. The Hall–Kier alpha value is -1.26. The maximum atomic E-state index is 10.5. The number of rotatable bonds is 1. The maximum absolute atomic E-state index is 10.5. The molecule has 0 saturated carbocycles. The van der Waals surface area contributed by atoms with Crippen LogP contribution in [0.4, 0.5) is 5.69 Å². The van der Waals surface area contributed by atoms with Gasteiger partial charge in [0.2, 0.25) is 0 Å². The van der Waals surface area contributed by atoms with E-state index in [-0.39, 0.29) is 6.10 Å². The molecule has 2 heterocycles. The minimum absolute atomic E-state index is 0.0173. The molecular weight excluding hydrogens is 228 g/mol. The van der Waals surface area contributed by atoms with Gasteiger partial charge in [-0.15, -0.1) is 0 Å². The minimum atomic E-state index is -0.0173. The van der Waals surface area contributed by atoms with E-state index >= 15 is 0 Å². The molecule has 1 aromatic carbocycles. The molecule has 0 bridgehead atoms. The zero-order valence-corrected chi connectivity index (χ0v) is 10.8. The van der Waals surface area contributed by atoms with Gasteiger partial charge >= 0.3 is 0 Å². The molecule has 1 unspecified atom stereocenters. The second kappa shape index (κ2) is 4.78. The van der Waals surface area contributed by atoms with Crippen molar-refractivity contribution < 1.29 is 9.84 Å². The molecule has 1 fully saturated rings. The average Bonchev–Trinajstić information content (AvgIpc) is 2.41. The van der Waals surface area contributed by atoms with Crippen LogP contribution in [0.5, 0.6) is 5.75 Å². The minimum Gasteiger partial charge on any atom is -0.507 e. The lowest BCUT2D eigenvalue weighted by molar-refractivity contribution is 0.0262. The van der Waals surface area contributed by atoms with E-state index in [0.29, 0.717) is 12.4 Å². The summed E-state index contributed by atoms with van der Waals surface area (Å²) in [4.78, 5) is 2.21. The summed E-state index contributed by atoms with van der Waals surface area (Å²) in [5.74, 6) is 0.438. The molecule has 2 aliphatic heterocycles. The molecule has 98 valence electrons. The smallest absolute Gasteiger partial charge is 0.126 e. The van der Waals surface area contributed by atoms with Crippen molar-refractivity contribution in [2.75, 3.05) is 38.2 Å². The number of phenols is 1. The first-order valence-corrected chi connectivity index (χ1v) is 6.65. The quantitative estimate of drug-likeness (QED) is 0.789. The maximum Gasteiger partial charge on any atom is 0.126 e. The Morgan fingerprint density at radius 3 is 3.11 bits per heavy atom. The average molecular weight is 248 g/mol. The van der Waals surface area contributed by atoms with Gasteiger partial charge in [-0.1, -0.05) is 6.07 Å². The molecule has 0 spiro atoms. The van der Waals surface area contributed by atoms with Crippen LogP contribution in [0.2, 0.25) is 0 Å². The third-order valence-corrected chi connectivity index (χ3v) is 3.90. The lowest BCUT2D eigenvalue weighted by Crippen LogP contribution is -2.33. The zero-order chi connectivity index (χ0) is 12.5. The van der Waals surface area contributed by atoms with Gasteiger partial charge in [0, 0.05) is 43.5 Å². The summed E-state index contributed by atoms with van der Waals surface area (Å²) in [5, 5.41) is 13.8. The van der Waals surface area contributed by atoms with Gasteiger partial charge in [-0.25, -0.2) is 0 Å². The lowest BCUT2D eigenvalue weighted by Gasteiger charge is -2.31. The van der Waals surface area contributed by atoms with Gasteiger partial charge in [0.1, 0.15) is 5.75 Å². The summed E-state index contributed by atoms with van der Waals surface area (Å²) in [5.41, 5.74) is 3.16. The Morgan fingerprint density at radius 1 is 1.44 bits per heavy atom. The third kappa shape index (κ3) is 1.95. The topological polar surface area (TPSA) is 44.7 Å². The van der Waals surface area contributed by atoms with Crippen LogP contribution in [0.15, 0.2) is 12.1 Å². The van der Waals surface area contributed by atoms with Gasteiger partial charge in [0.15, 0.2) is 0 Å². The van der Waals surface area contributed by atoms with Crippen LogP contribution in [0.25, 0.3) is 0 Å². The van der Waals surface area contributed by atoms with E-state index in [1.54, 1.807) is 0 Å². The number of phenolic OH excluding ortho intramolecular Hbond substituents is 1. The van der Waals surface area contributed by atoms with Crippen LogP contribution in [-0.2, 0) is 11.2 Å². The van der Waals surface area contributed by atoms with Gasteiger partial charge < -0.3 is 20.1 Å². The first-order chi connectivity index (χ1) is 8.77. The molecule has 4 nitrogen and oxygen atoms in total. The Bertz CT molecular complexity index is 442. The van der Waals surface area contributed by atoms with Crippen molar-refractivity contribution in [3.05, 3.63) is 23.3 Å². The van der Waals surface area contributed by atoms with Gasteiger partial charge in [-0.2, -0.15) is 0 Å². The number of ether oxygens (including phenoxy) is 1. The van der Waals surface area contributed by atoms with Crippen molar-refractivity contribution in [3.8, 4) is 5.75 Å². The Morgan fingerprint density at radius 2 is 2.33 bits per heavy atom. The molecule has 0 amide bonds. The molecule has 2 aliphatic rings. The molecule has 18 heavy (non-hydrogen) atoms. The van der Waals surface area contributed by atoms with Crippen molar-refractivity contribution in [2.24, 2.45) is 0 Å². The van der Waals surface area contributed by atoms with E-state index in [4.69, 9.17) is 4.74 Å². The highest BCUT2D eigenvalue weighted by Gasteiger charge is 2.24. The van der Waals surface area contributed by atoms with E-state index < -0.39 is 0 Å². The van der Waals surface area contributed by atoms with Crippen LogP contribution < -0.4 is 10.2 Å². The van der Waals surface area contributed by atoms with Crippen molar-refractivity contribution in [2.45, 2.75) is 18.9 Å². The number of nitrogens with zero attached hydrogens (tertiary/aromatic N) is 1. The standard InChI is InChI=1S/C14H20N2O2/c1-16-7-2-3-10-12(16)5-4-11(14(10)17)13-9-15-6-8-18-13/h4-5,13,15,17H,2-3,6-9H2,1H3. The molecule has 1 saturated heterocycles. The summed E-state index contributed by atoms with van der Waals surface area (Å²) in [6.45, 7) is 3.45. The molecule has 0 aromatic heterocycles. The molecule has 0 aliphatic carbocycles. The number of hydrogen-bond donors (Lipinski definition) is 2. The number of anilines is 1. The molecule has 1 atom stereocenters. The first kappa shape index (κ1) is 11.8. The Labute approximate surface area is 108 Å². The van der Waals surface area contributed by atoms with Crippen LogP contribution in [0.3, 0.4) is 0 Å². The van der Waals surface area contributed by atoms with Gasteiger partial charge in [-0.3, -0.25) is 0 Å². The normalized spacial score (nSPS) is 23.8. The molecule has 1 aromatic rings. The number of morpholine rings is 1. The molecule has 2 N–H and O–H groups in total. The second-order valence-electron chi connectivity index (χ2n) is 5.09. The zero-order valence-electron chi connectivity index (χ0n) is 10.8. The number of nitrogens with one attached hydrogen (secondary N) is 1. The predicted molar refractivity (Wildman–Crippen MR) is 71.3 cm³/mol. The largest absolute Gasteiger partial charge is 0.507 e.